The highest BCUT2D eigenvalue weighted by molar-refractivity contribution is 7.89. The summed E-state index contributed by atoms with van der Waals surface area (Å²) >= 11 is 0. The summed E-state index contributed by atoms with van der Waals surface area (Å²) in [4.78, 5) is 17.0. The molecule has 0 atom stereocenters. The van der Waals surface area contributed by atoms with Crippen LogP contribution in [0.2, 0.25) is 0 Å². The van der Waals surface area contributed by atoms with E-state index in [1.807, 2.05) is 42.2 Å². The molecule has 31 heavy (non-hydrogen) atoms. The molecule has 1 N–H and O–H groups in total. The predicted octanol–water partition coefficient (Wildman–Crippen LogP) is 2.72. The van der Waals surface area contributed by atoms with Gasteiger partial charge >= 0.3 is 0 Å². The van der Waals surface area contributed by atoms with Gasteiger partial charge in [0.1, 0.15) is 5.75 Å². The Morgan fingerprint density at radius 1 is 1.03 bits per heavy atom. The van der Waals surface area contributed by atoms with Crippen molar-refractivity contribution in [1.29, 1.82) is 0 Å². The fourth-order valence-electron chi connectivity index (χ4n) is 3.85. The molecular weight excluding hydrogens is 414 g/mol. The second-order valence-electron chi connectivity index (χ2n) is 7.84. The van der Waals surface area contributed by atoms with Gasteiger partial charge in [-0.05, 0) is 56.2 Å². The lowest BCUT2D eigenvalue weighted by molar-refractivity contribution is -0.130. The lowest BCUT2D eigenvalue weighted by Crippen LogP contribution is -2.37. The Morgan fingerprint density at radius 3 is 2.45 bits per heavy atom. The van der Waals surface area contributed by atoms with Crippen LogP contribution in [-0.2, 0) is 14.8 Å². The van der Waals surface area contributed by atoms with Crippen molar-refractivity contribution in [2.45, 2.75) is 31.6 Å². The molecule has 0 aliphatic carbocycles. The number of nitrogens with one attached hydrogen (secondary N) is 1. The number of ether oxygens (including phenoxy) is 1. The maximum absolute atomic E-state index is 12.7. The third-order valence-electron chi connectivity index (χ3n) is 5.54. The summed E-state index contributed by atoms with van der Waals surface area (Å²) in [6.45, 7) is 6.70. The minimum absolute atomic E-state index is 0.0279. The molecule has 8 heteroatoms. The van der Waals surface area contributed by atoms with Gasteiger partial charge in [0.2, 0.25) is 15.9 Å². The fraction of sp³-hybridized carbons (Fsp3) is 0.435. The van der Waals surface area contributed by atoms with E-state index in [1.54, 1.807) is 26.2 Å². The van der Waals surface area contributed by atoms with Crippen molar-refractivity contribution in [1.82, 2.24) is 9.62 Å². The summed E-state index contributed by atoms with van der Waals surface area (Å²) in [5, 5.41) is 0. The van der Waals surface area contributed by atoms with Gasteiger partial charge in [-0.1, -0.05) is 17.7 Å². The van der Waals surface area contributed by atoms with Gasteiger partial charge in [0.15, 0.2) is 0 Å². The molecule has 0 bridgehead atoms. The van der Waals surface area contributed by atoms with Crippen molar-refractivity contribution in [2.75, 3.05) is 44.7 Å². The van der Waals surface area contributed by atoms with Crippen LogP contribution >= 0.6 is 0 Å². The zero-order chi connectivity index (χ0) is 22.4. The lowest BCUT2D eigenvalue weighted by atomic mass is 10.2. The molecule has 1 fully saturated rings. The molecule has 0 spiro atoms. The summed E-state index contributed by atoms with van der Waals surface area (Å²) < 4.78 is 32.9. The van der Waals surface area contributed by atoms with Crippen LogP contribution < -0.4 is 14.4 Å². The molecule has 0 unspecified atom stereocenters. The molecule has 1 aliphatic rings. The molecule has 2 aromatic rings. The molecule has 7 nitrogen and oxygen atoms in total. The zero-order valence-corrected chi connectivity index (χ0v) is 19.2. The number of hydrogen-bond donors (Lipinski definition) is 1. The number of hydrogen-bond acceptors (Lipinski definition) is 5. The largest absolute Gasteiger partial charge is 0.497 e. The molecule has 1 saturated heterocycles. The third-order valence-corrected chi connectivity index (χ3v) is 7.16. The number of benzene rings is 2. The number of rotatable bonds is 7. The molecule has 3 rings (SSSR count). The first-order valence-corrected chi connectivity index (χ1v) is 12.0. The summed E-state index contributed by atoms with van der Waals surface area (Å²) in [6, 6.07) is 13.1. The van der Waals surface area contributed by atoms with Crippen molar-refractivity contribution in [2.24, 2.45) is 0 Å². The Morgan fingerprint density at radius 2 is 1.77 bits per heavy atom. The van der Waals surface area contributed by atoms with Crippen LogP contribution in [0.15, 0.2) is 47.4 Å². The van der Waals surface area contributed by atoms with Gasteiger partial charge in [-0.25, -0.2) is 13.1 Å². The Balaban J connectivity index is 1.51. The second-order valence-corrected chi connectivity index (χ2v) is 9.57. The number of methoxy groups -OCH3 is 1. The van der Waals surface area contributed by atoms with Crippen LogP contribution in [0.25, 0.3) is 0 Å². The number of carbonyl (C=O) groups excluding carboxylic acids is 1. The standard InChI is InChI=1S/C23H31N3O4S/c1-18-5-10-22(19(2)17-18)31(28,29)24-12-11-23(27)26-14-4-13-25(15-16-26)20-6-8-21(30-3)9-7-20/h5-10,17,24H,4,11-16H2,1-3H3. The van der Waals surface area contributed by atoms with Crippen molar-refractivity contribution < 1.29 is 17.9 Å². The van der Waals surface area contributed by atoms with Gasteiger partial charge in [0.25, 0.3) is 0 Å². The van der Waals surface area contributed by atoms with Gasteiger partial charge < -0.3 is 14.5 Å². The maximum Gasteiger partial charge on any atom is 0.240 e. The Labute approximate surface area is 185 Å². The Bertz CT molecular complexity index is 1010. The van der Waals surface area contributed by atoms with Gasteiger partial charge in [-0.3, -0.25) is 4.79 Å². The number of aryl methyl sites for hydroxylation is 2. The highest BCUT2D eigenvalue weighted by atomic mass is 32.2. The maximum atomic E-state index is 12.7. The van der Waals surface area contributed by atoms with E-state index in [0.717, 1.165) is 36.5 Å². The molecule has 168 valence electrons. The average Bonchev–Trinajstić information content (AvgIpc) is 3.00. The van der Waals surface area contributed by atoms with Crippen molar-refractivity contribution in [3.63, 3.8) is 0 Å². The van der Waals surface area contributed by atoms with E-state index in [1.165, 1.54) is 0 Å². The summed E-state index contributed by atoms with van der Waals surface area (Å²) in [5.41, 5.74) is 2.82. The highest BCUT2D eigenvalue weighted by Crippen LogP contribution is 2.21. The monoisotopic (exact) mass is 445 g/mol. The molecular formula is C23H31N3O4S. The summed E-state index contributed by atoms with van der Waals surface area (Å²) in [5.74, 6) is 0.790. The predicted molar refractivity (Wildman–Crippen MR) is 122 cm³/mol. The third kappa shape index (κ3) is 5.98. The molecule has 1 amide bonds. The van der Waals surface area contributed by atoms with Crippen LogP contribution in [0.4, 0.5) is 5.69 Å². The Kier molecular flexibility index (Phi) is 7.56. The van der Waals surface area contributed by atoms with Crippen molar-refractivity contribution in [3.8, 4) is 5.75 Å². The minimum Gasteiger partial charge on any atom is -0.497 e. The van der Waals surface area contributed by atoms with E-state index in [9.17, 15) is 13.2 Å². The normalized spacial score (nSPS) is 14.9. The number of amides is 1. The smallest absolute Gasteiger partial charge is 0.240 e. The van der Waals surface area contributed by atoms with Gasteiger partial charge in [0, 0.05) is 44.8 Å². The van der Waals surface area contributed by atoms with Gasteiger partial charge in [0.05, 0.1) is 12.0 Å². The van der Waals surface area contributed by atoms with Crippen LogP contribution in [0, 0.1) is 13.8 Å². The number of nitrogens with zero attached hydrogens (tertiary/aromatic N) is 2. The van der Waals surface area contributed by atoms with E-state index in [4.69, 9.17) is 4.74 Å². The van der Waals surface area contributed by atoms with E-state index in [2.05, 4.69) is 9.62 Å². The van der Waals surface area contributed by atoms with E-state index in [-0.39, 0.29) is 23.8 Å². The van der Waals surface area contributed by atoms with Crippen molar-refractivity contribution in [3.05, 3.63) is 53.6 Å². The van der Waals surface area contributed by atoms with Crippen LogP contribution in [0.1, 0.15) is 24.0 Å². The molecule has 2 aromatic carbocycles. The first-order valence-electron chi connectivity index (χ1n) is 10.5. The quantitative estimate of drug-likeness (QED) is 0.709. The number of anilines is 1. The number of sulfonamides is 1. The minimum atomic E-state index is -3.63. The average molecular weight is 446 g/mol. The van der Waals surface area contributed by atoms with Crippen LogP contribution in [-0.4, -0.2) is 59.1 Å². The SMILES string of the molecule is COc1ccc(N2CCCN(C(=O)CCNS(=O)(=O)c3ccc(C)cc3C)CC2)cc1. The fourth-order valence-corrected chi connectivity index (χ4v) is 5.10. The lowest BCUT2D eigenvalue weighted by Gasteiger charge is -2.24. The topological polar surface area (TPSA) is 79.0 Å². The summed E-state index contributed by atoms with van der Waals surface area (Å²) in [6.07, 6.45) is 1.01. The molecule has 0 saturated carbocycles. The Hall–Kier alpha value is -2.58. The van der Waals surface area contributed by atoms with Gasteiger partial charge in [-0.15, -0.1) is 0 Å². The van der Waals surface area contributed by atoms with E-state index in [0.29, 0.717) is 18.7 Å². The molecule has 1 aliphatic heterocycles. The zero-order valence-electron chi connectivity index (χ0n) is 18.4. The first kappa shape index (κ1) is 23.1. The first-order chi connectivity index (χ1) is 14.8. The van der Waals surface area contributed by atoms with Crippen molar-refractivity contribution >= 4 is 21.6 Å². The van der Waals surface area contributed by atoms with Crippen LogP contribution in [0.3, 0.4) is 0 Å². The molecule has 0 radical (unpaired) electrons. The van der Waals surface area contributed by atoms with E-state index >= 15 is 0 Å². The summed E-state index contributed by atoms with van der Waals surface area (Å²) in [7, 11) is -1.99. The van der Waals surface area contributed by atoms with Gasteiger partial charge in [-0.2, -0.15) is 0 Å². The number of carbonyl (C=O) groups is 1. The van der Waals surface area contributed by atoms with E-state index < -0.39 is 10.0 Å². The molecule has 1 heterocycles. The van der Waals surface area contributed by atoms with Crippen LogP contribution in [0.5, 0.6) is 5.75 Å². The second kappa shape index (κ2) is 10.2. The molecule has 0 aromatic heterocycles. The highest BCUT2D eigenvalue weighted by Gasteiger charge is 2.21.